The molecule has 0 heterocycles. The van der Waals surface area contributed by atoms with E-state index >= 15 is 0 Å². The summed E-state index contributed by atoms with van der Waals surface area (Å²) in [6, 6.07) is 3.71. The Morgan fingerprint density at radius 1 is 1.33 bits per heavy atom. The molecule has 1 N–H and O–H groups in total. The van der Waals surface area contributed by atoms with Crippen LogP contribution in [0.15, 0.2) is 22.7 Å². The van der Waals surface area contributed by atoms with Crippen LogP contribution in [0.3, 0.4) is 0 Å². The number of halogens is 1. The maximum Gasteiger partial charge on any atom is 0.217 e. The Kier molecular flexibility index (Phi) is 5.71. The molecule has 0 fully saturated rings. The molecule has 0 atom stereocenters. The highest BCUT2D eigenvalue weighted by Gasteiger charge is 2.07. The highest BCUT2D eigenvalue weighted by molar-refractivity contribution is 9.10. The molecule has 4 nitrogen and oxygen atoms in total. The lowest BCUT2D eigenvalue weighted by Crippen LogP contribution is -2.19. The Hall–Kier alpha value is -1.49. The molecule has 1 aromatic rings. The first-order chi connectivity index (χ1) is 8.58. The molecule has 0 spiro atoms. The molecule has 0 aromatic heterocycles. The van der Waals surface area contributed by atoms with Crippen molar-refractivity contribution in [1.82, 2.24) is 5.32 Å². The van der Waals surface area contributed by atoms with E-state index in [1.807, 2.05) is 24.3 Å². The van der Waals surface area contributed by atoms with Crippen LogP contribution in [0, 0.1) is 0 Å². The largest absolute Gasteiger partial charge is 0.496 e. The summed E-state index contributed by atoms with van der Waals surface area (Å²) < 4.78 is 11.3. The van der Waals surface area contributed by atoms with Crippen molar-refractivity contribution < 1.29 is 14.3 Å². The number of amides is 1. The second kappa shape index (κ2) is 7.06. The fraction of sp³-hybridized carbons (Fsp3) is 0.308. The van der Waals surface area contributed by atoms with Crippen molar-refractivity contribution in [2.45, 2.75) is 6.92 Å². The zero-order valence-electron chi connectivity index (χ0n) is 10.6. The average Bonchev–Trinajstić information content (AvgIpc) is 2.35. The van der Waals surface area contributed by atoms with Crippen LogP contribution < -0.4 is 14.8 Å². The van der Waals surface area contributed by atoms with Crippen LogP contribution in [0.2, 0.25) is 0 Å². The number of carbonyl (C=O) groups is 1. The molecule has 5 heteroatoms. The van der Waals surface area contributed by atoms with Gasteiger partial charge in [0.2, 0.25) is 5.91 Å². The van der Waals surface area contributed by atoms with Crippen molar-refractivity contribution in [1.29, 1.82) is 0 Å². The number of carbonyl (C=O) groups excluding carboxylic acids is 1. The lowest BCUT2D eigenvalue weighted by Gasteiger charge is -2.09. The van der Waals surface area contributed by atoms with Crippen molar-refractivity contribution in [2.24, 2.45) is 0 Å². The Balaban J connectivity index is 2.89. The van der Waals surface area contributed by atoms with E-state index in [1.165, 1.54) is 6.92 Å². The Morgan fingerprint density at radius 3 is 2.56 bits per heavy atom. The van der Waals surface area contributed by atoms with Crippen LogP contribution in [-0.4, -0.2) is 26.7 Å². The summed E-state index contributed by atoms with van der Waals surface area (Å²) in [5.41, 5.74) is 0.892. The second-order valence-electron chi connectivity index (χ2n) is 3.57. The first kappa shape index (κ1) is 14.6. The molecule has 1 aromatic carbocycles. The number of methoxy groups -OCH3 is 2. The van der Waals surface area contributed by atoms with Crippen LogP contribution >= 0.6 is 15.9 Å². The van der Waals surface area contributed by atoms with Gasteiger partial charge in [-0.2, -0.15) is 0 Å². The predicted octanol–water partition coefficient (Wildman–Crippen LogP) is 2.62. The highest BCUT2D eigenvalue weighted by Crippen LogP contribution is 2.33. The van der Waals surface area contributed by atoms with Gasteiger partial charge in [-0.15, -0.1) is 0 Å². The zero-order chi connectivity index (χ0) is 13.5. The van der Waals surface area contributed by atoms with E-state index in [4.69, 9.17) is 9.47 Å². The summed E-state index contributed by atoms with van der Waals surface area (Å²) in [6.07, 6.45) is 3.73. The van der Waals surface area contributed by atoms with E-state index in [0.717, 1.165) is 21.5 Å². The third-order valence-electron chi connectivity index (χ3n) is 2.27. The summed E-state index contributed by atoms with van der Waals surface area (Å²) in [5.74, 6) is 1.41. The van der Waals surface area contributed by atoms with Gasteiger partial charge in [0, 0.05) is 19.0 Å². The van der Waals surface area contributed by atoms with Gasteiger partial charge in [0.25, 0.3) is 0 Å². The van der Waals surface area contributed by atoms with Gasteiger partial charge in [0.15, 0.2) is 0 Å². The number of benzene rings is 1. The Morgan fingerprint density at radius 2 is 2.00 bits per heavy atom. The van der Waals surface area contributed by atoms with Crippen molar-refractivity contribution in [2.75, 3.05) is 20.8 Å². The van der Waals surface area contributed by atoms with Gasteiger partial charge in [-0.3, -0.25) is 4.79 Å². The second-order valence-corrected chi connectivity index (χ2v) is 4.42. The van der Waals surface area contributed by atoms with Crippen molar-refractivity contribution in [3.05, 3.63) is 28.2 Å². The van der Waals surface area contributed by atoms with Crippen molar-refractivity contribution in [3.8, 4) is 11.5 Å². The molecule has 1 rings (SSSR count). The van der Waals surface area contributed by atoms with Crippen LogP contribution in [0.4, 0.5) is 0 Å². The van der Waals surface area contributed by atoms with Crippen LogP contribution in [0.5, 0.6) is 11.5 Å². The quantitative estimate of drug-likeness (QED) is 0.909. The number of hydrogen-bond acceptors (Lipinski definition) is 3. The van der Waals surface area contributed by atoms with E-state index in [2.05, 4.69) is 21.2 Å². The van der Waals surface area contributed by atoms with Crippen molar-refractivity contribution >= 4 is 27.9 Å². The first-order valence-corrected chi connectivity index (χ1v) is 6.20. The molecule has 0 unspecified atom stereocenters. The molecule has 1 amide bonds. The topological polar surface area (TPSA) is 47.6 Å². The minimum absolute atomic E-state index is 0.0556. The van der Waals surface area contributed by atoms with Gasteiger partial charge in [0.05, 0.1) is 18.7 Å². The lowest BCUT2D eigenvalue weighted by molar-refractivity contribution is -0.118. The predicted molar refractivity (Wildman–Crippen MR) is 75.0 cm³/mol. The molecule has 98 valence electrons. The molecule has 0 aliphatic rings. The minimum atomic E-state index is -0.0556. The average molecular weight is 314 g/mol. The van der Waals surface area contributed by atoms with E-state index in [-0.39, 0.29) is 5.91 Å². The van der Waals surface area contributed by atoms with Gasteiger partial charge in [-0.1, -0.05) is 12.2 Å². The smallest absolute Gasteiger partial charge is 0.217 e. The van der Waals surface area contributed by atoms with Gasteiger partial charge in [-0.05, 0) is 28.1 Å². The molecule has 0 aliphatic carbocycles. The third-order valence-corrected chi connectivity index (χ3v) is 2.89. The van der Waals surface area contributed by atoms with E-state index in [1.54, 1.807) is 14.2 Å². The lowest BCUT2D eigenvalue weighted by atomic mass is 10.1. The van der Waals surface area contributed by atoms with Gasteiger partial charge in [-0.25, -0.2) is 0 Å². The molecule has 0 bridgehead atoms. The fourth-order valence-electron chi connectivity index (χ4n) is 1.40. The highest BCUT2D eigenvalue weighted by atomic mass is 79.9. The maximum absolute atomic E-state index is 10.7. The SMILES string of the molecule is COc1cc(C=CCNC(C)=O)c(OC)cc1Br. The summed E-state index contributed by atoms with van der Waals surface area (Å²) in [4.78, 5) is 10.7. The summed E-state index contributed by atoms with van der Waals surface area (Å²) in [7, 11) is 3.22. The molecule has 18 heavy (non-hydrogen) atoms. The fourth-order valence-corrected chi connectivity index (χ4v) is 1.89. The van der Waals surface area contributed by atoms with Crippen LogP contribution in [0.1, 0.15) is 12.5 Å². The normalized spacial score (nSPS) is 10.4. The molecule has 0 aliphatic heterocycles. The summed E-state index contributed by atoms with van der Waals surface area (Å²) in [6.45, 7) is 1.97. The number of hydrogen-bond donors (Lipinski definition) is 1. The van der Waals surface area contributed by atoms with E-state index in [9.17, 15) is 4.79 Å². The number of nitrogens with one attached hydrogen (secondary N) is 1. The summed E-state index contributed by atoms with van der Waals surface area (Å²) in [5, 5.41) is 2.69. The van der Waals surface area contributed by atoms with E-state index < -0.39 is 0 Å². The standard InChI is InChI=1S/C13H16BrNO3/c1-9(16)15-6-4-5-10-7-13(18-3)11(14)8-12(10)17-2/h4-5,7-8H,6H2,1-3H3,(H,15,16). The monoisotopic (exact) mass is 313 g/mol. The summed E-state index contributed by atoms with van der Waals surface area (Å²) >= 11 is 3.40. The van der Waals surface area contributed by atoms with Gasteiger partial charge < -0.3 is 14.8 Å². The molecule has 0 saturated carbocycles. The maximum atomic E-state index is 10.7. The van der Waals surface area contributed by atoms with Gasteiger partial charge in [0.1, 0.15) is 11.5 Å². The first-order valence-electron chi connectivity index (χ1n) is 5.41. The van der Waals surface area contributed by atoms with Crippen molar-refractivity contribution in [3.63, 3.8) is 0 Å². The Labute approximate surface area is 115 Å². The third kappa shape index (κ3) is 4.07. The molecule has 0 radical (unpaired) electrons. The number of rotatable bonds is 5. The molecular formula is C13H16BrNO3. The zero-order valence-corrected chi connectivity index (χ0v) is 12.2. The number of ether oxygens (including phenoxy) is 2. The molecule has 0 saturated heterocycles. The molecular weight excluding hydrogens is 298 g/mol. The van der Waals surface area contributed by atoms with Crippen LogP contribution in [0.25, 0.3) is 6.08 Å². The van der Waals surface area contributed by atoms with Crippen LogP contribution in [-0.2, 0) is 4.79 Å². The minimum Gasteiger partial charge on any atom is -0.496 e. The van der Waals surface area contributed by atoms with Gasteiger partial charge >= 0.3 is 0 Å². The van der Waals surface area contributed by atoms with E-state index in [0.29, 0.717) is 6.54 Å². The Bertz CT molecular complexity index is 458.